The lowest BCUT2D eigenvalue weighted by molar-refractivity contribution is 0.184. The second-order valence-corrected chi connectivity index (χ2v) is 2.68. The summed E-state index contributed by atoms with van der Waals surface area (Å²) in [4.78, 5) is 4.22. The Morgan fingerprint density at radius 1 is 1.45 bits per heavy atom. The van der Waals surface area contributed by atoms with Gasteiger partial charge >= 0.3 is 0 Å². The first-order valence-electron chi connectivity index (χ1n) is 3.65. The van der Waals surface area contributed by atoms with Crippen LogP contribution in [0.5, 0.6) is 0 Å². The molecule has 0 N–H and O–H groups in total. The Balaban J connectivity index is 2.86. The summed E-state index contributed by atoms with van der Waals surface area (Å²) in [5.41, 5.74) is 3.44. The number of pyridine rings is 1. The number of rotatable bonds is 2. The smallest absolute Gasteiger partial charge is 0.0728 e. The van der Waals surface area contributed by atoms with E-state index in [0.717, 1.165) is 11.3 Å². The standard InChI is InChI=1S/C9H13NO/c1-7-4-9(6-11-3)5-10-8(7)2/h4-5H,6H2,1-3H3. The van der Waals surface area contributed by atoms with Crippen molar-refractivity contribution < 1.29 is 4.74 Å². The monoisotopic (exact) mass is 151 g/mol. The van der Waals surface area contributed by atoms with Crippen molar-refractivity contribution in [2.75, 3.05) is 7.11 Å². The minimum absolute atomic E-state index is 0.647. The third-order valence-electron chi connectivity index (χ3n) is 1.71. The fourth-order valence-corrected chi connectivity index (χ4v) is 0.947. The first-order chi connectivity index (χ1) is 5.24. The van der Waals surface area contributed by atoms with Gasteiger partial charge in [-0.15, -0.1) is 0 Å². The van der Waals surface area contributed by atoms with Gasteiger partial charge in [0.25, 0.3) is 0 Å². The summed E-state index contributed by atoms with van der Waals surface area (Å²) in [6.45, 7) is 4.71. The quantitative estimate of drug-likeness (QED) is 0.643. The van der Waals surface area contributed by atoms with E-state index in [-0.39, 0.29) is 0 Å². The van der Waals surface area contributed by atoms with Crippen molar-refractivity contribution in [3.05, 3.63) is 29.1 Å². The maximum Gasteiger partial charge on any atom is 0.0728 e. The number of hydrogen-bond acceptors (Lipinski definition) is 2. The van der Waals surface area contributed by atoms with Gasteiger partial charge < -0.3 is 4.74 Å². The van der Waals surface area contributed by atoms with Crippen LogP contribution < -0.4 is 0 Å². The maximum absolute atomic E-state index is 4.98. The molecule has 0 aliphatic carbocycles. The molecule has 0 saturated carbocycles. The van der Waals surface area contributed by atoms with E-state index in [0.29, 0.717) is 6.61 Å². The Morgan fingerprint density at radius 3 is 2.73 bits per heavy atom. The number of aromatic nitrogens is 1. The zero-order chi connectivity index (χ0) is 8.27. The molecule has 0 radical (unpaired) electrons. The second kappa shape index (κ2) is 3.49. The van der Waals surface area contributed by atoms with Crippen molar-refractivity contribution in [2.45, 2.75) is 20.5 Å². The van der Waals surface area contributed by atoms with Gasteiger partial charge in [0.2, 0.25) is 0 Å². The summed E-state index contributed by atoms with van der Waals surface area (Å²) >= 11 is 0. The van der Waals surface area contributed by atoms with Gasteiger partial charge in [-0.25, -0.2) is 0 Å². The fourth-order valence-electron chi connectivity index (χ4n) is 0.947. The van der Waals surface area contributed by atoms with E-state index in [4.69, 9.17) is 4.74 Å². The fraction of sp³-hybridized carbons (Fsp3) is 0.444. The molecule has 0 fully saturated rings. The lowest BCUT2D eigenvalue weighted by Gasteiger charge is -2.02. The van der Waals surface area contributed by atoms with Crippen LogP contribution in [0.15, 0.2) is 12.3 Å². The van der Waals surface area contributed by atoms with Gasteiger partial charge in [-0.3, -0.25) is 4.98 Å². The highest BCUT2D eigenvalue weighted by Crippen LogP contribution is 2.06. The van der Waals surface area contributed by atoms with E-state index in [1.54, 1.807) is 7.11 Å². The Bertz CT molecular complexity index is 245. The van der Waals surface area contributed by atoms with Crippen molar-refractivity contribution >= 4 is 0 Å². The molecule has 0 spiro atoms. The highest BCUT2D eigenvalue weighted by Gasteiger charge is 1.95. The van der Waals surface area contributed by atoms with E-state index in [1.807, 2.05) is 13.1 Å². The van der Waals surface area contributed by atoms with Gasteiger partial charge in [-0.1, -0.05) is 6.07 Å². The van der Waals surface area contributed by atoms with Gasteiger partial charge in [0.05, 0.1) is 6.61 Å². The molecular formula is C9H13NO. The molecule has 0 atom stereocenters. The molecule has 0 aliphatic rings. The maximum atomic E-state index is 4.98. The molecule has 0 saturated heterocycles. The van der Waals surface area contributed by atoms with Crippen LogP contribution in [0.4, 0.5) is 0 Å². The topological polar surface area (TPSA) is 22.1 Å². The van der Waals surface area contributed by atoms with Crippen LogP contribution >= 0.6 is 0 Å². The normalized spacial score (nSPS) is 10.1. The minimum Gasteiger partial charge on any atom is -0.380 e. The molecule has 1 aromatic rings. The number of nitrogens with zero attached hydrogens (tertiary/aromatic N) is 1. The van der Waals surface area contributed by atoms with Gasteiger partial charge in [-0.2, -0.15) is 0 Å². The summed E-state index contributed by atoms with van der Waals surface area (Å²) in [5.74, 6) is 0. The molecule has 0 aromatic carbocycles. The van der Waals surface area contributed by atoms with Crippen LogP contribution in [0.2, 0.25) is 0 Å². The van der Waals surface area contributed by atoms with Crippen LogP contribution in [-0.4, -0.2) is 12.1 Å². The first-order valence-corrected chi connectivity index (χ1v) is 3.65. The van der Waals surface area contributed by atoms with Gasteiger partial charge in [0.1, 0.15) is 0 Å². The molecule has 2 heteroatoms. The Labute approximate surface area is 67.2 Å². The molecule has 1 heterocycles. The largest absolute Gasteiger partial charge is 0.380 e. The SMILES string of the molecule is COCc1cnc(C)c(C)c1. The lowest BCUT2D eigenvalue weighted by Crippen LogP contribution is -1.92. The van der Waals surface area contributed by atoms with Crippen LogP contribution in [0.3, 0.4) is 0 Å². The molecule has 11 heavy (non-hydrogen) atoms. The summed E-state index contributed by atoms with van der Waals surface area (Å²) in [5, 5.41) is 0. The van der Waals surface area contributed by atoms with Crippen molar-refractivity contribution in [2.24, 2.45) is 0 Å². The molecule has 0 unspecified atom stereocenters. The summed E-state index contributed by atoms with van der Waals surface area (Å²) in [6, 6.07) is 2.10. The van der Waals surface area contributed by atoms with Crippen LogP contribution in [-0.2, 0) is 11.3 Å². The highest BCUT2D eigenvalue weighted by atomic mass is 16.5. The van der Waals surface area contributed by atoms with Crippen molar-refractivity contribution in [3.8, 4) is 0 Å². The minimum atomic E-state index is 0.647. The average molecular weight is 151 g/mol. The summed E-state index contributed by atoms with van der Waals surface area (Å²) in [6.07, 6.45) is 1.85. The Hall–Kier alpha value is -0.890. The van der Waals surface area contributed by atoms with E-state index in [9.17, 15) is 0 Å². The number of hydrogen-bond donors (Lipinski definition) is 0. The second-order valence-electron chi connectivity index (χ2n) is 2.68. The molecule has 0 bridgehead atoms. The predicted molar refractivity (Wildman–Crippen MR) is 44.4 cm³/mol. The Kier molecular flexibility index (Phi) is 2.60. The summed E-state index contributed by atoms with van der Waals surface area (Å²) in [7, 11) is 1.69. The van der Waals surface area contributed by atoms with E-state index in [1.165, 1.54) is 5.56 Å². The predicted octanol–water partition coefficient (Wildman–Crippen LogP) is 1.84. The summed E-state index contributed by atoms with van der Waals surface area (Å²) < 4.78 is 4.98. The molecule has 0 aliphatic heterocycles. The Morgan fingerprint density at radius 2 is 2.18 bits per heavy atom. The van der Waals surface area contributed by atoms with E-state index >= 15 is 0 Å². The first kappa shape index (κ1) is 8.21. The number of methoxy groups -OCH3 is 1. The molecule has 0 amide bonds. The zero-order valence-electron chi connectivity index (χ0n) is 7.22. The van der Waals surface area contributed by atoms with E-state index < -0.39 is 0 Å². The lowest BCUT2D eigenvalue weighted by atomic mass is 10.2. The molecule has 1 rings (SSSR count). The van der Waals surface area contributed by atoms with Gasteiger partial charge in [0.15, 0.2) is 0 Å². The van der Waals surface area contributed by atoms with Crippen LogP contribution in [0, 0.1) is 13.8 Å². The molecule has 60 valence electrons. The van der Waals surface area contributed by atoms with Crippen molar-refractivity contribution in [1.82, 2.24) is 4.98 Å². The number of aryl methyl sites for hydroxylation is 2. The van der Waals surface area contributed by atoms with Gasteiger partial charge in [-0.05, 0) is 25.0 Å². The van der Waals surface area contributed by atoms with Gasteiger partial charge in [0, 0.05) is 19.0 Å². The zero-order valence-corrected chi connectivity index (χ0v) is 7.22. The molecule has 1 aromatic heterocycles. The third kappa shape index (κ3) is 2.02. The molecule has 2 nitrogen and oxygen atoms in total. The number of ether oxygens (including phenoxy) is 1. The van der Waals surface area contributed by atoms with Crippen molar-refractivity contribution in [3.63, 3.8) is 0 Å². The van der Waals surface area contributed by atoms with Crippen molar-refractivity contribution in [1.29, 1.82) is 0 Å². The molecular weight excluding hydrogens is 138 g/mol. The average Bonchev–Trinajstić information content (AvgIpc) is 1.98. The van der Waals surface area contributed by atoms with E-state index in [2.05, 4.69) is 18.0 Å². The highest BCUT2D eigenvalue weighted by molar-refractivity contribution is 5.22. The van der Waals surface area contributed by atoms with Crippen LogP contribution in [0.25, 0.3) is 0 Å². The van der Waals surface area contributed by atoms with Crippen LogP contribution in [0.1, 0.15) is 16.8 Å². The third-order valence-corrected chi connectivity index (χ3v) is 1.71.